The summed E-state index contributed by atoms with van der Waals surface area (Å²) in [6.07, 6.45) is 2.03. The molecule has 1 amide bonds. The number of rotatable bonds is 6. The second kappa shape index (κ2) is 9.95. The van der Waals surface area contributed by atoms with E-state index in [1.54, 1.807) is 18.3 Å². The number of piperazine rings is 1. The summed E-state index contributed by atoms with van der Waals surface area (Å²) >= 11 is 0. The average Bonchev–Trinajstić information content (AvgIpc) is 2.78. The van der Waals surface area contributed by atoms with E-state index in [4.69, 9.17) is 21.3 Å². The summed E-state index contributed by atoms with van der Waals surface area (Å²) in [6, 6.07) is 7.33. The van der Waals surface area contributed by atoms with Crippen LogP contribution in [-0.2, 0) is 16.1 Å². The average molecular weight is 453 g/mol. The Morgan fingerprint density at radius 2 is 1.91 bits per heavy atom. The normalized spacial score (nSPS) is 15.3. The van der Waals surface area contributed by atoms with Crippen LogP contribution in [0.3, 0.4) is 0 Å². The van der Waals surface area contributed by atoms with Crippen molar-refractivity contribution in [3.8, 4) is 0 Å². The summed E-state index contributed by atoms with van der Waals surface area (Å²) in [5.74, 6) is 0.212. The van der Waals surface area contributed by atoms with E-state index in [9.17, 15) is 4.79 Å². The van der Waals surface area contributed by atoms with Gasteiger partial charge in [-0.15, -0.1) is 0 Å². The van der Waals surface area contributed by atoms with Crippen molar-refractivity contribution in [3.05, 3.63) is 47.3 Å². The van der Waals surface area contributed by atoms with Gasteiger partial charge in [-0.25, -0.2) is 9.97 Å². The Hall–Kier alpha value is -3.53. The maximum Gasteiger partial charge on any atom is 0.243 e. The van der Waals surface area contributed by atoms with Gasteiger partial charge in [0.2, 0.25) is 17.7 Å². The molecule has 1 fully saturated rings. The van der Waals surface area contributed by atoms with Crippen molar-refractivity contribution in [2.45, 2.75) is 39.3 Å². The Morgan fingerprint density at radius 1 is 1.21 bits per heavy atom. The van der Waals surface area contributed by atoms with Gasteiger partial charge in [-0.2, -0.15) is 0 Å². The molecule has 2 aromatic rings. The number of hydrogen-bond acceptors (Lipinski definition) is 9. The van der Waals surface area contributed by atoms with E-state index >= 15 is 0 Å². The van der Waals surface area contributed by atoms with Crippen LogP contribution in [0, 0.1) is 10.8 Å². The van der Waals surface area contributed by atoms with Crippen molar-refractivity contribution < 1.29 is 9.53 Å². The summed E-state index contributed by atoms with van der Waals surface area (Å²) in [6.45, 7) is 8.36. The molecule has 1 aromatic carbocycles. The molecule has 0 spiro atoms. The summed E-state index contributed by atoms with van der Waals surface area (Å²) < 4.78 is 5.45. The summed E-state index contributed by atoms with van der Waals surface area (Å²) in [7, 11) is 1.87. The first-order chi connectivity index (χ1) is 15.7. The van der Waals surface area contributed by atoms with Gasteiger partial charge < -0.3 is 25.6 Å². The highest BCUT2D eigenvalue weighted by Gasteiger charge is 2.36. The number of nitrogens with zero attached hydrogens (tertiary/aromatic N) is 4. The SMILES string of the molecule is CCC(=O)N1CCN(c2cnc(N)c(C(=N)OC(=N)c3ccc(CNC)cc3)n2)CC1(C)C. The Balaban J connectivity index is 1.74. The molecule has 33 heavy (non-hydrogen) atoms. The van der Waals surface area contributed by atoms with Crippen molar-refractivity contribution in [1.29, 1.82) is 10.8 Å². The summed E-state index contributed by atoms with van der Waals surface area (Å²) in [4.78, 5) is 24.9. The van der Waals surface area contributed by atoms with Crippen molar-refractivity contribution in [2.75, 3.05) is 37.3 Å². The molecular weight excluding hydrogens is 420 g/mol. The number of ether oxygens (including phenoxy) is 1. The summed E-state index contributed by atoms with van der Waals surface area (Å²) in [5.41, 5.74) is 7.30. The van der Waals surface area contributed by atoms with Crippen LogP contribution in [0.15, 0.2) is 30.5 Å². The van der Waals surface area contributed by atoms with Gasteiger partial charge in [0, 0.05) is 38.2 Å². The van der Waals surface area contributed by atoms with Gasteiger partial charge in [0.1, 0.15) is 5.82 Å². The monoisotopic (exact) mass is 452 g/mol. The van der Waals surface area contributed by atoms with Gasteiger partial charge in [0.05, 0.1) is 11.7 Å². The highest BCUT2D eigenvalue weighted by atomic mass is 16.5. The first-order valence-electron chi connectivity index (χ1n) is 10.9. The molecule has 176 valence electrons. The Morgan fingerprint density at radius 3 is 2.52 bits per heavy atom. The topological polar surface area (TPSA) is 144 Å². The zero-order chi connectivity index (χ0) is 24.2. The molecule has 0 bridgehead atoms. The minimum atomic E-state index is -0.375. The molecule has 2 heterocycles. The fourth-order valence-corrected chi connectivity index (χ4v) is 3.90. The van der Waals surface area contributed by atoms with Gasteiger partial charge in [-0.3, -0.25) is 15.6 Å². The van der Waals surface area contributed by atoms with Crippen LogP contribution in [0.25, 0.3) is 0 Å². The van der Waals surface area contributed by atoms with E-state index in [0.717, 1.165) is 12.1 Å². The number of aromatic nitrogens is 2. The largest absolute Gasteiger partial charge is 0.419 e. The highest BCUT2D eigenvalue weighted by molar-refractivity contribution is 6.05. The van der Waals surface area contributed by atoms with Crippen LogP contribution in [0.1, 0.15) is 44.0 Å². The first kappa shape index (κ1) is 24.1. The number of amides is 1. The third-order valence-electron chi connectivity index (χ3n) is 5.63. The molecule has 0 saturated carbocycles. The van der Waals surface area contributed by atoms with Gasteiger partial charge in [0.15, 0.2) is 11.5 Å². The lowest BCUT2D eigenvalue weighted by atomic mass is 9.98. The number of carbonyl (C=O) groups is 1. The van der Waals surface area contributed by atoms with Crippen LogP contribution < -0.4 is 16.0 Å². The third kappa shape index (κ3) is 5.46. The van der Waals surface area contributed by atoms with Crippen LogP contribution in [0.4, 0.5) is 11.6 Å². The fourth-order valence-electron chi connectivity index (χ4n) is 3.90. The van der Waals surface area contributed by atoms with Gasteiger partial charge in [-0.1, -0.05) is 19.1 Å². The quantitative estimate of drug-likeness (QED) is 0.387. The second-order valence-electron chi connectivity index (χ2n) is 8.58. The molecule has 1 saturated heterocycles. The van der Waals surface area contributed by atoms with Crippen molar-refractivity contribution in [2.24, 2.45) is 0 Å². The molecule has 0 radical (unpaired) electrons. The number of anilines is 2. The minimum Gasteiger partial charge on any atom is -0.419 e. The molecule has 10 heteroatoms. The zero-order valence-corrected chi connectivity index (χ0v) is 19.6. The lowest BCUT2D eigenvalue weighted by Crippen LogP contribution is -2.61. The Labute approximate surface area is 194 Å². The Bertz CT molecular complexity index is 1040. The van der Waals surface area contributed by atoms with Crippen molar-refractivity contribution in [1.82, 2.24) is 20.2 Å². The van der Waals surface area contributed by atoms with Crippen LogP contribution in [0.2, 0.25) is 0 Å². The molecule has 3 rings (SSSR count). The first-order valence-corrected chi connectivity index (χ1v) is 10.9. The second-order valence-corrected chi connectivity index (χ2v) is 8.58. The molecule has 0 unspecified atom stereocenters. The van der Waals surface area contributed by atoms with E-state index in [2.05, 4.69) is 15.3 Å². The van der Waals surface area contributed by atoms with Crippen molar-refractivity contribution >= 4 is 29.3 Å². The zero-order valence-electron chi connectivity index (χ0n) is 19.6. The van der Waals surface area contributed by atoms with E-state index < -0.39 is 0 Å². The van der Waals surface area contributed by atoms with Crippen LogP contribution in [-0.4, -0.2) is 64.8 Å². The number of carbonyl (C=O) groups excluding carboxylic acids is 1. The lowest BCUT2D eigenvalue weighted by molar-refractivity contribution is -0.136. The van der Waals surface area contributed by atoms with E-state index in [-0.39, 0.29) is 34.8 Å². The molecule has 1 aliphatic heterocycles. The predicted molar refractivity (Wildman–Crippen MR) is 129 cm³/mol. The maximum atomic E-state index is 12.3. The summed E-state index contributed by atoms with van der Waals surface area (Å²) in [5, 5.41) is 19.6. The number of nitrogens with two attached hydrogens (primary N) is 1. The molecule has 5 N–H and O–H groups in total. The van der Waals surface area contributed by atoms with Crippen LogP contribution in [0.5, 0.6) is 0 Å². The van der Waals surface area contributed by atoms with Gasteiger partial charge in [0.25, 0.3) is 0 Å². The standard InChI is InChI=1S/C23H32N8O2/c1-5-18(32)31-11-10-30(14-23(31,2)3)17-13-28-20(24)19(29-17)22(26)33-21(25)16-8-6-15(7-9-16)12-27-4/h6-9,13,25-27H,5,10-12,14H2,1-4H3,(H2,24,28). The third-order valence-corrected chi connectivity index (χ3v) is 5.63. The number of benzene rings is 1. The van der Waals surface area contributed by atoms with E-state index in [0.29, 0.717) is 37.4 Å². The van der Waals surface area contributed by atoms with Crippen LogP contribution >= 0.6 is 0 Å². The number of nitrogen functional groups attached to an aromatic ring is 1. The maximum absolute atomic E-state index is 12.3. The van der Waals surface area contributed by atoms with E-state index in [1.807, 2.05) is 49.8 Å². The number of hydrogen-bond donors (Lipinski definition) is 4. The molecular formula is C23H32N8O2. The van der Waals surface area contributed by atoms with Gasteiger partial charge >= 0.3 is 0 Å². The lowest BCUT2D eigenvalue weighted by Gasteiger charge is -2.47. The molecule has 0 aliphatic carbocycles. The fraction of sp³-hybridized carbons (Fsp3) is 0.435. The molecule has 10 nitrogen and oxygen atoms in total. The molecule has 1 aliphatic rings. The number of nitrogens with one attached hydrogen (secondary N) is 3. The molecule has 1 aromatic heterocycles. The Kier molecular flexibility index (Phi) is 7.27. The smallest absolute Gasteiger partial charge is 0.243 e. The molecule has 0 atom stereocenters. The van der Waals surface area contributed by atoms with Crippen molar-refractivity contribution in [3.63, 3.8) is 0 Å². The highest BCUT2D eigenvalue weighted by Crippen LogP contribution is 2.26. The predicted octanol–water partition coefficient (Wildman–Crippen LogP) is 1.98. The van der Waals surface area contributed by atoms with E-state index in [1.165, 1.54) is 0 Å². The van der Waals surface area contributed by atoms with Gasteiger partial charge in [-0.05, 0) is 38.6 Å². The minimum absolute atomic E-state index is 0.0555.